The van der Waals surface area contributed by atoms with Crippen LogP contribution in [0.25, 0.3) is 0 Å². The van der Waals surface area contributed by atoms with Gasteiger partial charge in [0.25, 0.3) is 0 Å². The van der Waals surface area contributed by atoms with Crippen LogP contribution in [0.2, 0.25) is 0 Å². The fourth-order valence-corrected chi connectivity index (χ4v) is 2.12. The maximum atomic E-state index is 9.77. The summed E-state index contributed by atoms with van der Waals surface area (Å²) < 4.78 is 0. The largest absolute Gasteiger partial charge is 0.393 e. The van der Waals surface area contributed by atoms with Crippen molar-refractivity contribution in [2.45, 2.75) is 97.0 Å². The lowest BCUT2D eigenvalue weighted by molar-refractivity contribution is 0.150. The molecule has 1 radical (unpaired) electrons. The number of aliphatic hydroxyl groups excluding tert-OH is 1. The highest BCUT2D eigenvalue weighted by molar-refractivity contribution is 4.68. The predicted octanol–water partition coefficient (Wildman–Crippen LogP) is 5.27. The zero-order chi connectivity index (χ0) is 12.8. The third kappa shape index (κ3) is 13.9. The van der Waals surface area contributed by atoms with E-state index in [2.05, 4.69) is 20.3 Å². The summed E-state index contributed by atoms with van der Waals surface area (Å²) in [7, 11) is 0. The first-order valence-electron chi connectivity index (χ1n) is 7.81. The second kappa shape index (κ2) is 14.0. The summed E-state index contributed by atoms with van der Waals surface area (Å²) in [5, 5.41) is 9.77. The van der Waals surface area contributed by atoms with E-state index in [-0.39, 0.29) is 6.10 Å². The van der Waals surface area contributed by atoms with Gasteiger partial charge in [-0.2, -0.15) is 0 Å². The molecule has 1 N–H and O–H groups in total. The van der Waals surface area contributed by atoms with E-state index in [4.69, 9.17) is 0 Å². The molecule has 1 heteroatoms. The van der Waals surface area contributed by atoms with Crippen molar-refractivity contribution in [1.29, 1.82) is 0 Å². The van der Waals surface area contributed by atoms with Crippen molar-refractivity contribution < 1.29 is 5.11 Å². The van der Waals surface area contributed by atoms with Crippen LogP contribution in [0.3, 0.4) is 0 Å². The maximum absolute atomic E-state index is 9.77. The molecule has 0 aromatic rings. The number of hydrogen-bond acceptors (Lipinski definition) is 1. The molecule has 17 heavy (non-hydrogen) atoms. The molecule has 0 fully saturated rings. The number of aliphatic hydroxyl groups is 1. The average Bonchev–Trinajstić information content (AvgIpc) is 2.33. The molecule has 0 aliphatic rings. The number of hydrogen-bond donors (Lipinski definition) is 1. The first-order chi connectivity index (χ1) is 8.31. The Morgan fingerprint density at radius 2 is 1.41 bits per heavy atom. The van der Waals surface area contributed by atoms with E-state index >= 15 is 0 Å². The number of unbranched alkanes of at least 4 members (excludes halogenated alkanes) is 9. The first kappa shape index (κ1) is 17.0. The lowest BCUT2D eigenvalue weighted by atomic mass is 10.0. The number of rotatable bonds is 13. The van der Waals surface area contributed by atoms with Crippen molar-refractivity contribution in [2.24, 2.45) is 0 Å². The van der Waals surface area contributed by atoms with Gasteiger partial charge in [-0.1, -0.05) is 71.6 Å². The minimum Gasteiger partial charge on any atom is -0.393 e. The Hall–Kier alpha value is -0.0400. The van der Waals surface area contributed by atoms with Crippen LogP contribution in [0.1, 0.15) is 90.9 Å². The highest BCUT2D eigenvalue weighted by atomic mass is 16.3. The quantitative estimate of drug-likeness (QED) is 0.435. The van der Waals surface area contributed by atoms with Gasteiger partial charge in [0.05, 0.1) is 6.10 Å². The molecule has 0 saturated heterocycles. The van der Waals surface area contributed by atoms with Crippen molar-refractivity contribution in [3.8, 4) is 0 Å². The SMILES string of the molecule is CCCCCC[CH]CCC(O)CCCCCC. The lowest BCUT2D eigenvalue weighted by Gasteiger charge is -2.09. The van der Waals surface area contributed by atoms with Gasteiger partial charge in [0.1, 0.15) is 0 Å². The van der Waals surface area contributed by atoms with Crippen molar-refractivity contribution in [1.82, 2.24) is 0 Å². The molecule has 0 aliphatic carbocycles. The molecule has 0 amide bonds. The van der Waals surface area contributed by atoms with E-state index in [0.29, 0.717) is 0 Å². The maximum Gasteiger partial charge on any atom is 0.0540 e. The summed E-state index contributed by atoms with van der Waals surface area (Å²) in [6.45, 7) is 4.47. The molecule has 0 saturated carbocycles. The second-order valence-electron chi connectivity index (χ2n) is 5.22. The van der Waals surface area contributed by atoms with Crippen molar-refractivity contribution >= 4 is 0 Å². The third-order valence-electron chi connectivity index (χ3n) is 3.36. The summed E-state index contributed by atoms with van der Waals surface area (Å²) in [5.74, 6) is 0. The Bertz CT molecular complexity index is 133. The molecule has 0 bridgehead atoms. The average molecular weight is 241 g/mol. The van der Waals surface area contributed by atoms with E-state index in [0.717, 1.165) is 19.3 Å². The first-order valence-corrected chi connectivity index (χ1v) is 7.81. The normalized spacial score (nSPS) is 12.9. The highest BCUT2D eigenvalue weighted by Crippen LogP contribution is 2.12. The van der Waals surface area contributed by atoms with Gasteiger partial charge in [-0.25, -0.2) is 0 Å². The Morgan fingerprint density at radius 1 is 0.765 bits per heavy atom. The summed E-state index contributed by atoms with van der Waals surface area (Å²) in [4.78, 5) is 0. The van der Waals surface area contributed by atoms with Crippen molar-refractivity contribution in [2.75, 3.05) is 0 Å². The molecular formula is C16H33O. The van der Waals surface area contributed by atoms with E-state index in [9.17, 15) is 5.11 Å². The highest BCUT2D eigenvalue weighted by Gasteiger charge is 2.03. The topological polar surface area (TPSA) is 20.2 Å². The Kier molecular flexibility index (Phi) is 14.0. The lowest BCUT2D eigenvalue weighted by Crippen LogP contribution is -2.06. The molecule has 1 atom stereocenters. The zero-order valence-corrected chi connectivity index (χ0v) is 12.1. The molecule has 0 spiro atoms. The summed E-state index contributed by atoms with van der Waals surface area (Å²) >= 11 is 0. The van der Waals surface area contributed by atoms with Crippen LogP contribution in [0, 0.1) is 6.42 Å². The van der Waals surface area contributed by atoms with Crippen LogP contribution in [0.15, 0.2) is 0 Å². The van der Waals surface area contributed by atoms with Gasteiger partial charge in [-0.3, -0.25) is 0 Å². The van der Waals surface area contributed by atoms with Gasteiger partial charge in [-0.05, 0) is 25.7 Å². The zero-order valence-electron chi connectivity index (χ0n) is 12.1. The summed E-state index contributed by atoms with van der Waals surface area (Å²) in [5.41, 5.74) is 0. The van der Waals surface area contributed by atoms with Gasteiger partial charge >= 0.3 is 0 Å². The van der Waals surface area contributed by atoms with Crippen LogP contribution in [-0.2, 0) is 0 Å². The van der Waals surface area contributed by atoms with Gasteiger partial charge in [0.15, 0.2) is 0 Å². The minimum absolute atomic E-state index is 0.0567. The van der Waals surface area contributed by atoms with Gasteiger partial charge in [0.2, 0.25) is 0 Å². The fraction of sp³-hybridized carbons (Fsp3) is 0.938. The molecule has 0 aromatic carbocycles. The fourth-order valence-electron chi connectivity index (χ4n) is 2.12. The van der Waals surface area contributed by atoms with E-state index in [1.807, 2.05) is 0 Å². The summed E-state index contributed by atoms with van der Waals surface area (Å²) in [6, 6.07) is 0. The van der Waals surface area contributed by atoms with Crippen LogP contribution in [-0.4, -0.2) is 11.2 Å². The summed E-state index contributed by atoms with van der Waals surface area (Å²) in [6.07, 6.45) is 17.1. The third-order valence-corrected chi connectivity index (χ3v) is 3.36. The van der Waals surface area contributed by atoms with Crippen LogP contribution in [0.5, 0.6) is 0 Å². The molecule has 0 aromatic heterocycles. The standard InChI is InChI=1S/C16H33O/c1-3-5-7-9-10-11-13-15-16(17)14-12-8-6-4-2/h11,16-17H,3-10,12-15H2,1-2H3. The van der Waals surface area contributed by atoms with E-state index in [1.165, 1.54) is 57.8 Å². The monoisotopic (exact) mass is 241 g/mol. The minimum atomic E-state index is -0.0567. The van der Waals surface area contributed by atoms with E-state index < -0.39 is 0 Å². The van der Waals surface area contributed by atoms with E-state index in [1.54, 1.807) is 0 Å². The molecule has 0 heterocycles. The molecule has 0 rings (SSSR count). The van der Waals surface area contributed by atoms with Crippen LogP contribution in [0.4, 0.5) is 0 Å². The molecule has 1 nitrogen and oxygen atoms in total. The molecule has 103 valence electrons. The second-order valence-corrected chi connectivity index (χ2v) is 5.22. The van der Waals surface area contributed by atoms with Crippen molar-refractivity contribution in [3.63, 3.8) is 0 Å². The molecular weight excluding hydrogens is 208 g/mol. The van der Waals surface area contributed by atoms with Crippen molar-refractivity contribution in [3.05, 3.63) is 6.42 Å². The Morgan fingerprint density at radius 3 is 2.06 bits per heavy atom. The van der Waals surface area contributed by atoms with Gasteiger partial charge in [0, 0.05) is 0 Å². The smallest absolute Gasteiger partial charge is 0.0540 e. The van der Waals surface area contributed by atoms with Crippen LogP contribution < -0.4 is 0 Å². The van der Waals surface area contributed by atoms with Gasteiger partial charge in [-0.15, -0.1) is 0 Å². The van der Waals surface area contributed by atoms with Crippen LogP contribution >= 0.6 is 0 Å². The molecule has 1 unspecified atom stereocenters. The van der Waals surface area contributed by atoms with Gasteiger partial charge < -0.3 is 5.11 Å². The Labute approximate surface area is 109 Å². The Balaban J connectivity index is 3.08. The molecule has 0 aliphatic heterocycles. The predicted molar refractivity (Wildman–Crippen MR) is 77.1 cm³/mol.